The quantitative estimate of drug-likeness (QED) is 0.536. The maximum atomic E-state index is 10.2. The summed E-state index contributed by atoms with van der Waals surface area (Å²) >= 11 is 0. The van der Waals surface area contributed by atoms with Crippen molar-refractivity contribution in [2.24, 2.45) is 11.8 Å². The molecular formula is C12H20O3. The molecule has 2 saturated heterocycles. The number of hydrogen-bond acceptors (Lipinski definition) is 3. The molecule has 15 heavy (non-hydrogen) atoms. The third kappa shape index (κ3) is 2.23. The maximum Gasteiger partial charge on any atom is 0.119 e. The average molecular weight is 212 g/mol. The molecule has 2 fully saturated rings. The third-order valence-electron chi connectivity index (χ3n) is 3.91. The van der Waals surface area contributed by atoms with Gasteiger partial charge in [0.1, 0.15) is 6.29 Å². The highest BCUT2D eigenvalue weighted by Gasteiger charge is 2.47. The van der Waals surface area contributed by atoms with Crippen LogP contribution < -0.4 is 0 Å². The molecular weight excluding hydrogens is 192 g/mol. The van der Waals surface area contributed by atoms with E-state index in [1.807, 2.05) is 0 Å². The molecule has 2 bridgehead atoms. The van der Waals surface area contributed by atoms with E-state index in [2.05, 4.69) is 0 Å². The van der Waals surface area contributed by atoms with Crippen molar-refractivity contribution in [2.75, 3.05) is 6.61 Å². The van der Waals surface area contributed by atoms with Crippen LogP contribution in [0.3, 0.4) is 0 Å². The SMILES string of the molecule is O=CCCCC[C@@H]1[C@H](CO)[C@@H]2CC[C@H]1O2. The molecule has 0 spiro atoms. The van der Waals surface area contributed by atoms with Gasteiger partial charge in [-0.2, -0.15) is 0 Å². The standard InChI is InChI=1S/C12H20O3/c13-7-3-1-2-4-9-10(8-14)12-6-5-11(9)15-12/h7,9-12,14H,1-6,8H2/t9-,10+,11-,12+/m1/s1. The van der Waals surface area contributed by atoms with E-state index in [4.69, 9.17) is 4.74 Å². The van der Waals surface area contributed by atoms with Crippen molar-refractivity contribution in [3.63, 3.8) is 0 Å². The topological polar surface area (TPSA) is 46.5 Å². The lowest BCUT2D eigenvalue weighted by atomic mass is 9.77. The Morgan fingerprint density at radius 2 is 1.93 bits per heavy atom. The van der Waals surface area contributed by atoms with Crippen LogP contribution in [-0.2, 0) is 9.53 Å². The highest BCUT2D eigenvalue weighted by molar-refractivity contribution is 5.48. The number of hydrogen-bond donors (Lipinski definition) is 1. The van der Waals surface area contributed by atoms with E-state index in [0.29, 0.717) is 30.5 Å². The van der Waals surface area contributed by atoms with Crippen molar-refractivity contribution in [3.8, 4) is 0 Å². The van der Waals surface area contributed by atoms with Gasteiger partial charge in [-0.05, 0) is 31.6 Å². The van der Waals surface area contributed by atoms with Gasteiger partial charge < -0.3 is 14.6 Å². The fourth-order valence-electron chi connectivity index (χ4n) is 3.13. The zero-order chi connectivity index (χ0) is 10.7. The van der Waals surface area contributed by atoms with E-state index in [-0.39, 0.29) is 6.61 Å². The Hall–Kier alpha value is -0.410. The number of aldehydes is 1. The molecule has 0 unspecified atom stereocenters. The number of carbonyl (C=O) groups is 1. The largest absolute Gasteiger partial charge is 0.396 e. The van der Waals surface area contributed by atoms with Crippen LogP contribution >= 0.6 is 0 Å². The molecule has 0 amide bonds. The van der Waals surface area contributed by atoms with Gasteiger partial charge in [0.05, 0.1) is 12.2 Å². The summed E-state index contributed by atoms with van der Waals surface area (Å²) in [4.78, 5) is 10.2. The number of aliphatic hydroxyl groups excluding tert-OH is 1. The number of unbranched alkanes of at least 4 members (excludes halogenated alkanes) is 2. The van der Waals surface area contributed by atoms with Crippen molar-refractivity contribution >= 4 is 6.29 Å². The number of ether oxygens (including phenoxy) is 1. The Morgan fingerprint density at radius 1 is 1.20 bits per heavy atom. The third-order valence-corrected chi connectivity index (χ3v) is 3.91. The van der Waals surface area contributed by atoms with Gasteiger partial charge in [0.2, 0.25) is 0 Å². The van der Waals surface area contributed by atoms with Gasteiger partial charge in [0.15, 0.2) is 0 Å². The van der Waals surface area contributed by atoms with Gasteiger partial charge in [-0.3, -0.25) is 0 Å². The number of fused-ring (bicyclic) bond motifs is 2. The van der Waals surface area contributed by atoms with Gasteiger partial charge in [-0.15, -0.1) is 0 Å². The van der Waals surface area contributed by atoms with Crippen LogP contribution in [0.5, 0.6) is 0 Å². The van der Waals surface area contributed by atoms with Crippen molar-refractivity contribution < 1.29 is 14.6 Å². The molecule has 0 radical (unpaired) electrons. The van der Waals surface area contributed by atoms with Gasteiger partial charge in [-0.25, -0.2) is 0 Å². The lowest BCUT2D eigenvalue weighted by molar-refractivity contribution is -0.107. The Morgan fingerprint density at radius 3 is 2.60 bits per heavy atom. The molecule has 0 saturated carbocycles. The van der Waals surface area contributed by atoms with Crippen LogP contribution in [0.15, 0.2) is 0 Å². The molecule has 2 aliphatic rings. The van der Waals surface area contributed by atoms with E-state index in [1.54, 1.807) is 0 Å². The minimum absolute atomic E-state index is 0.263. The fourth-order valence-corrected chi connectivity index (χ4v) is 3.13. The van der Waals surface area contributed by atoms with Gasteiger partial charge in [0, 0.05) is 18.9 Å². The Labute approximate surface area is 90.8 Å². The number of aliphatic hydroxyl groups is 1. The minimum atomic E-state index is 0.263. The molecule has 4 atom stereocenters. The lowest BCUT2D eigenvalue weighted by Gasteiger charge is -2.26. The molecule has 3 heteroatoms. The molecule has 3 nitrogen and oxygen atoms in total. The zero-order valence-corrected chi connectivity index (χ0v) is 9.10. The van der Waals surface area contributed by atoms with Crippen LogP contribution in [0.1, 0.15) is 38.5 Å². The van der Waals surface area contributed by atoms with E-state index in [1.165, 1.54) is 6.42 Å². The predicted molar refractivity (Wildman–Crippen MR) is 56.5 cm³/mol. The van der Waals surface area contributed by atoms with Crippen LogP contribution in [0.2, 0.25) is 0 Å². The first-order valence-corrected chi connectivity index (χ1v) is 6.06. The second kappa shape index (κ2) is 5.08. The first-order valence-electron chi connectivity index (χ1n) is 6.06. The molecule has 2 aliphatic heterocycles. The number of carbonyl (C=O) groups excluding carboxylic acids is 1. The van der Waals surface area contributed by atoms with E-state index in [0.717, 1.165) is 32.0 Å². The molecule has 1 N–H and O–H groups in total. The Kier molecular flexibility index (Phi) is 3.76. The molecule has 0 aromatic rings. The summed E-state index contributed by atoms with van der Waals surface area (Å²) in [7, 11) is 0. The maximum absolute atomic E-state index is 10.2. The van der Waals surface area contributed by atoms with Gasteiger partial charge >= 0.3 is 0 Å². The summed E-state index contributed by atoms with van der Waals surface area (Å²) in [6.07, 6.45) is 7.84. The van der Waals surface area contributed by atoms with Crippen LogP contribution in [0.4, 0.5) is 0 Å². The Bertz CT molecular complexity index is 217. The molecule has 2 heterocycles. The summed E-state index contributed by atoms with van der Waals surface area (Å²) in [5.74, 6) is 0.903. The fraction of sp³-hybridized carbons (Fsp3) is 0.917. The Balaban J connectivity index is 1.78. The van der Waals surface area contributed by atoms with Crippen molar-refractivity contribution in [1.29, 1.82) is 0 Å². The molecule has 0 aromatic carbocycles. The monoisotopic (exact) mass is 212 g/mol. The van der Waals surface area contributed by atoms with E-state index >= 15 is 0 Å². The smallest absolute Gasteiger partial charge is 0.119 e. The first-order chi connectivity index (χ1) is 7.36. The predicted octanol–water partition coefficient (Wildman–Crippen LogP) is 1.53. The summed E-state index contributed by atoms with van der Waals surface area (Å²) in [5, 5.41) is 9.33. The van der Waals surface area contributed by atoms with Crippen molar-refractivity contribution in [1.82, 2.24) is 0 Å². The highest BCUT2D eigenvalue weighted by Crippen LogP contribution is 2.45. The van der Waals surface area contributed by atoms with Crippen molar-refractivity contribution in [2.45, 2.75) is 50.7 Å². The number of rotatable bonds is 6. The molecule has 0 aromatic heterocycles. The van der Waals surface area contributed by atoms with Crippen LogP contribution in [-0.4, -0.2) is 30.2 Å². The van der Waals surface area contributed by atoms with Crippen LogP contribution in [0.25, 0.3) is 0 Å². The van der Waals surface area contributed by atoms with Crippen molar-refractivity contribution in [3.05, 3.63) is 0 Å². The van der Waals surface area contributed by atoms with Gasteiger partial charge in [-0.1, -0.05) is 6.42 Å². The zero-order valence-electron chi connectivity index (χ0n) is 9.10. The summed E-state index contributed by atoms with van der Waals surface area (Å²) in [5.41, 5.74) is 0. The van der Waals surface area contributed by atoms with Gasteiger partial charge in [0.25, 0.3) is 0 Å². The van der Waals surface area contributed by atoms with E-state index in [9.17, 15) is 9.90 Å². The second-order valence-corrected chi connectivity index (χ2v) is 4.75. The normalized spacial score (nSPS) is 38.5. The summed E-state index contributed by atoms with van der Waals surface area (Å²) in [6, 6.07) is 0. The van der Waals surface area contributed by atoms with Crippen LogP contribution in [0, 0.1) is 11.8 Å². The van der Waals surface area contributed by atoms with E-state index < -0.39 is 0 Å². The highest BCUT2D eigenvalue weighted by atomic mass is 16.5. The minimum Gasteiger partial charge on any atom is -0.396 e. The molecule has 2 rings (SSSR count). The molecule has 0 aliphatic carbocycles. The first kappa shape index (κ1) is 11.1. The summed E-state index contributed by atoms with van der Waals surface area (Å²) < 4.78 is 5.82. The molecule has 86 valence electrons. The summed E-state index contributed by atoms with van der Waals surface area (Å²) in [6.45, 7) is 0.263. The second-order valence-electron chi connectivity index (χ2n) is 4.75. The average Bonchev–Trinajstić information content (AvgIpc) is 2.84. The lowest BCUT2D eigenvalue weighted by Crippen LogP contribution is -2.29.